The number of carbonyl (C=O) groups excluding carboxylic acids is 1. The van der Waals surface area contributed by atoms with E-state index in [4.69, 9.17) is 11.6 Å². The van der Waals surface area contributed by atoms with Crippen molar-refractivity contribution < 1.29 is 4.79 Å². The Morgan fingerprint density at radius 1 is 0.840 bits per heavy atom. The van der Waals surface area contributed by atoms with Gasteiger partial charge in [-0.25, -0.2) is 0 Å². The largest absolute Gasteiger partial charge is 0.338 e. The Morgan fingerprint density at radius 3 is 2.36 bits per heavy atom. The molecule has 1 heterocycles. The van der Waals surface area contributed by atoms with Crippen LogP contribution in [0, 0.1) is 0 Å². The molecule has 4 heteroatoms. The molecule has 124 valence electrons. The molecule has 4 rings (SSSR count). The normalized spacial score (nSPS) is 12.4. The predicted octanol–water partition coefficient (Wildman–Crippen LogP) is 5.76. The zero-order valence-corrected chi connectivity index (χ0v) is 15.1. The van der Waals surface area contributed by atoms with Gasteiger partial charge in [-0.3, -0.25) is 4.79 Å². The maximum Gasteiger partial charge on any atom is 0.193 e. The molecule has 1 aliphatic heterocycles. The highest BCUT2D eigenvalue weighted by Gasteiger charge is 2.24. The molecule has 0 aromatic heterocycles. The fraction of sp³-hybridized carbons (Fsp3) is 0.0952. The molecule has 25 heavy (non-hydrogen) atoms. The van der Waals surface area contributed by atoms with E-state index in [1.807, 2.05) is 60.7 Å². The second-order valence-electron chi connectivity index (χ2n) is 5.79. The molecule has 0 radical (unpaired) electrons. The molecular weight excluding hydrogens is 350 g/mol. The number of hydrogen-bond donors (Lipinski definition) is 0. The summed E-state index contributed by atoms with van der Waals surface area (Å²) in [6.45, 7) is 0.703. The van der Waals surface area contributed by atoms with Crippen molar-refractivity contribution in [2.45, 2.75) is 9.79 Å². The molecule has 0 atom stereocenters. The number of halogens is 1. The monoisotopic (exact) mass is 365 g/mol. The van der Waals surface area contributed by atoms with Crippen molar-refractivity contribution in [3.05, 3.63) is 83.9 Å². The van der Waals surface area contributed by atoms with E-state index in [1.165, 1.54) is 4.90 Å². The van der Waals surface area contributed by atoms with Crippen LogP contribution in [0.4, 0.5) is 11.4 Å². The van der Waals surface area contributed by atoms with E-state index in [-0.39, 0.29) is 5.78 Å². The van der Waals surface area contributed by atoms with Crippen molar-refractivity contribution in [1.82, 2.24) is 0 Å². The molecule has 0 saturated heterocycles. The standard InChI is InChI=1S/C21H16ClNOS/c22-12-13-23-17-8-4-5-9-19(17)25-20-11-10-16(14-18(20)23)21(24)15-6-2-1-3-7-15/h1-11,14H,12-13H2. The number of hydrogen-bond acceptors (Lipinski definition) is 3. The molecule has 0 aliphatic carbocycles. The third kappa shape index (κ3) is 3.06. The van der Waals surface area contributed by atoms with E-state index >= 15 is 0 Å². The van der Waals surface area contributed by atoms with Gasteiger partial charge in [-0.05, 0) is 30.3 Å². The Kier molecular flexibility index (Phi) is 4.51. The lowest BCUT2D eigenvalue weighted by Gasteiger charge is -2.32. The number of fused-ring (bicyclic) bond motifs is 2. The van der Waals surface area contributed by atoms with Gasteiger partial charge in [0.25, 0.3) is 0 Å². The Balaban J connectivity index is 1.77. The third-order valence-electron chi connectivity index (χ3n) is 4.23. The van der Waals surface area contributed by atoms with Crippen LogP contribution in [-0.2, 0) is 0 Å². The highest BCUT2D eigenvalue weighted by molar-refractivity contribution is 7.99. The van der Waals surface area contributed by atoms with Crippen LogP contribution < -0.4 is 4.90 Å². The molecule has 0 unspecified atom stereocenters. The van der Waals surface area contributed by atoms with Crippen molar-refractivity contribution in [3.63, 3.8) is 0 Å². The van der Waals surface area contributed by atoms with Gasteiger partial charge < -0.3 is 4.90 Å². The summed E-state index contributed by atoms with van der Waals surface area (Å²) >= 11 is 7.78. The van der Waals surface area contributed by atoms with E-state index in [0.29, 0.717) is 23.6 Å². The first-order chi connectivity index (χ1) is 12.3. The second-order valence-corrected chi connectivity index (χ2v) is 7.25. The Labute approximate surface area is 156 Å². The van der Waals surface area contributed by atoms with Gasteiger partial charge in [-0.15, -0.1) is 11.6 Å². The summed E-state index contributed by atoms with van der Waals surface area (Å²) < 4.78 is 0. The van der Waals surface area contributed by atoms with Crippen molar-refractivity contribution in [3.8, 4) is 0 Å². The van der Waals surface area contributed by atoms with Crippen molar-refractivity contribution in [2.24, 2.45) is 0 Å². The van der Waals surface area contributed by atoms with Crippen LogP contribution in [0.5, 0.6) is 0 Å². The second kappa shape index (κ2) is 6.95. The zero-order chi connectivity index (χ0) is 17.2. The van der Waals surface area contributed by atoms with Crippen molar-refractivity contribution in [1.29, 1.82) is 0 Å². The number of anilines is 2. The fourth-order valence-electron chi connectivity index (χ4n) is 3.05. The van der Waals surface area contributed by atoms with E-state index < -0.39 is 0 Å². The first-order valence-corrected chi connectivity index (χ1v) is 9.47. The highest BCUT2D eigenvalue weighted by atomic mass is 35.5. The number of carbonyl (C=O) groups is 1. The molecule has 3 aromatic carbocycles. The van der Waals surface area contributed by atoms with Crippen molar-refractivity contribution in [2.75, 3.05) is 17.3 Å². The maximum absolute atomic E-state index is 12.8. The number of benzene rings is 3. The molecule has 0 N–H and O–H groups in total. The molecule has 2 nitrogen and oxygen atoms in total. The summed E-state index contributed by atoms with van der Waals surface area (Å²) in [5.74, 6) is 0.563. The number of para-hydroxylation sites is 1. The van der Waals surface area contributed by atoms with E-state index in [9.17, 15) is 4.79 Å². The SMILES string of the molecule is O=C(c1ccccc1)c1ccc2c(c1)N(CCCl)c1ccccc1S2. The Bertz CT molecular complexity index is 926. The number of ketones is 1. The summed E-state index contributed by atoms with van der Waals surface area (Å²) in [6, 6.07) is 23.6. The van der Waals surface area contributed by atoms with Crippen LogP contribution in [-0.4, -0.2) is 18.2 Å². The quantitative estimate of drug-likeness (QED) is 0.433. The van der Waals surface area contributed by atoms with Crippen LogP contribution >= 0.6 is 23.4 Å². The van der Waals surface area contributed by atoms with Gasteiger partial charge in [0.15, 0.2) is 5.78 Å². The lowest BCUT2D eigenvalue weighted by atomic mass is 10.0. The van der Waals surface area contributed by atoms with E-state index in [1.54, 1.807) is 11.8 Å². The van der Waals surface area contributed by atoms with Crippen LogP contribution in [0.3, 0.4) is 0 Å². The smallest absolute Gasteiger partial charge is 0.193 e. The molecular formula is C21H16ClNOS. The Hall–Kier alpha value is -2.23. The summed E-state index contributed by atoms with van der Waals surface area (Å²) in [5.41, 5.74) is 3.59. The lowest BCUT2D eigenvalue weighted by Crippen LogP contribution is -2.23. The third-order valence-corrected chi connectivity index (χ3v) is 5.53. The zero-order valence-electron chi connectivity index (χ0n) is 13.5. The molecule has 0 spiro atoms. The molecule has 3 aromatic rings. The van der Waals surface area contributed by atoms with Gasteiger partial charge in [0.2, 0.25) is 0 Å². The minimum Gasteiger partial charge on any atom is -0.338 e. The molecule has 0 amide bonds. The van der Waals surface area contributed by atoms with Crippen LogP contribution in [0.25, 0.3) is 0 Å². The van der Waals surface area contributed by atoms with Gasteiger partial charge in [-0.2, -0.15) is 0 Å². The molecule has 0 fully saturated rings. The number of rotatable bonds is 4. The minimum atomic E-state index is 0.0399. The minimum absolute atomic E-state index is 0.0399. The number of alkyl halides is 1. The highest BCUT2D eigenvalue weighted by Crippen LogP contribution is 2.48. The predicted molar refractivity (Wildman–Crippen MR) is 105 cm³/mol. The van der Waals surface area contributed by atoms with E-state index in [2.05, 4.69) is 17.0 Å². The maximum atomic E-state index is 12.8. The first kappa shape index (κ1) is 16.2. The summed E-state index contributed by atoms with van der Waals surface area (Å²) in [5, 5.41) is 0. The first-order valence-electron chi connectivity index (χ1n) is 8.12. The van der Waals surface area contributed by atoms with E-state index in [0.717, 1.165) is 16.3 Å². The van der Waals surface area contributed by atoms with Gasteiger partial charge in [0, 0.05) is 33.3 Å². The topological polar surface area (TPSA) is 20.3 Å². The Morgan fingerprint density at radius 2 is 1.56 bits per heavy atom. The van der Waals surface area contributed by atoms with Gasteiger partial charge >= 0.3 is 0 Å². The summed E-state index contributed by atoms with van der Waals surface area (Å²) in [7, 11) is 0. The van der Waals surface area contributed by atoms with Gasteiger partial charge in [0.05, 0.1) is 11.4 Å². The fourth-order valence-corrected chi connectivity index (χ4v) is 4.30. The average Bonchev–Trinajstić information content (AvgIpc) is 2.68. The van der Waals surface area contributed by atoms with Gasteiger partial charge in [0.1, 0.15) is 0 Å². The summed E-state index contributed by atoms with van der Waals surface area (Å²) in [4.78, 5) is 17.4. The number of nitrogens with zero attached hydrogens (tertiary/aromatic N) is 1. The van der Waals surface area contributed by atoms with Crippen LogP contribution in [0.15, 0.2) is 82.6 Å². The molecule has 0 saturated carbocycles. The molecule has 1 aliphatic rings. The molecule has 0 bridgehead atoms. The van der Waals surface area contributed by atoms with Crippen molar-refractivity contribution >= 4 is 40.5 Å². The van der Waals surface area contributed by atoms with Gasteiger partial charge in [-0.1, -0.05) is 54.2 Å². The average molecular weight is 366 g/mol. The van der Waals surface area contributed by atoms with Crippen LogP contribution in [0.2, 0.25) is 0 Å². The summed E-state index contributed by atoms with van der Waals surface area (Å²) in [6.07, 6.45) is 0. The van der Waals surface area contributed by atoms with Crippen LogP contribution in [0.1, 0.15) is 15.9 Å². The lowest BCUT2D eigenvalue weighted by molar-refractivity contribution is 0.103.